The number of amides is 2. The molecule has 0 spiro atoms. The van der Waals surface area contributed by atoms with Crippen molar-refractivity contribution in [3.63, 3.8) is 0 Å². The Morgan fingerprint density at radius 3 is 1.18 bits per heavy atom. The van der Waals surface area contributed by atoms with Crippen LogP contribution in [0, 0.1) is 0 Å². The molecule has 0 atom stereocenters. The maximum atomic E-state index is 15.6. The van der Waals surface area contributed by atoms with Crippen molar-refractivity contribution in [3.05, 3.63) is 242 Å². The molecule has 0 saturated carbocycles. The number of anilines is 1. The minimum atomic E-state index is -0.366. The molecule has 0 bridgehead atoms. The Labute approximate surface area is 390 Å². The van der Waals surface area contributed by atoms with Crippen molar-refractivity contribution in [2.45, 2.75) is 0 Å². The van der Waals surface area contributed by atoms with Crippen LogP contribution in [-0.4, -0.2) is 25.5 Å². The van der Waals surface area contributed by atoms with E-state index in [0.717, 1.165) is 77.5 Å². The van der Waals surface area contributed by atoms with Crippen LogP contribution in [0.25, 0.3) is 105 Å². The summed E-state index contributed by atoms with van der Waals surface area (Å²) in [6, 6.07) is 79.2. The third kappa shape index (κ3) is 5.40. The van der Waals surface area contributed by atoms with Gasteiger partial charge < -0.3 is 13.7 Å². The Morgan fingerprint density at radius 1 is 0.265 bits per heavy atom. The molecule has 0 aliphatic carbocycles. The number of carbonyl (C=O) groups excluding carboxylic acids is 2. The van der Waals surface area contributed by atoms with Gasteiger partial charge in [0, 0.05) is 49.3 Å². The summed E-state index contributed by atoms with van der Waals surface area (Å²) >= 11 is 0. The standard InChI is InChI=1S/C62H38N4O2/c67-61-50-26-16-32-56(60(50)62(68)66(61)55-31-15-25-43(39-17-3-1-4-18-39)59(55)40-19-5-2-6-20-40)65-57-37-41(63-51-27-11-7-21-44(51)45-22-8-12-28-52(45)63)33-35-48(57)49-36-34-42(38-58(49)65)64-53-29-13-9-23-46(53)47-24-10-14-30-54(47)64/h1-38H. The number of imide groups is 1. The Hall–Kier alpha value is -9.26. The summed E-state index contributed by atoms with van der Waals surface area (Å²) in [5.41, 5.74) is 13.8. The topological polar surface area (TPSA) is 52.2 Å². The summed E-state index contributed by atoms with van der Waals surface area (Å²) in [5.74, 6) is -0.720. The van der Waals surface area contributed by atoms with Gasteiger partial charge in [-0.2, -0.15) is 0 Å². The van der Waals surface area contributed by atoms with Crippen LogP contribution in [0.1, 0.15) is 20.7 Å². The van der Waals surface area contributed by atoms with E-state index in [1.165, 1.54) is 26.4 Å². The molecule has 0 unspecified atom stereocenters. The van der Waals surface area contributed by atoms with E-state index in [4.69, 9.17) is 0 Å². The van der Waals surface area contributed by atoms with Crippen molar-refractivity contribution < 1.29 is 9.59 Å². The highest BCUT2D eigenvalue weighted by Gasteiger charge is 2.41. The monoisotopic (exact) mass is 870 g/mol. The Kier molecular flexibility index (Phi) is 8.18. The van der Waals surface area contributed by atoms with Crippen LogP contribution in [0.2, 0.25) is 0 Å². The molecule has 6 nitrogen and oxygen atoms in total. The zero-order chi connectivity index (χ0) is 45.0. The number of rotatable bonds is 6. The van der Waals surface area contributed by atoms with Crippen molar-refractivity contribution in [2.24, 2.45) is 0 Å². The molecule has 14 rings (SSSR count). The number of hydrogen-bond acceptors (Lipinski definition) is 2. The fraction of sp³-hybridized carbons (Fsp3) is 0. The summed E-state index contributed by atoms with van der Waals surface area (Å²) in [7, 11) is 0. The quantitative estimate of drug-likeness (QED) is 0.156. The molecule has 13 aromatic rings. The smallest absolute Gasteiger partial charge is 0.268 e. The predicted molar refractivity (Wildman–Crippen MR) is 278 cm³/mol. The number of hydrogen-bond donors (Lipinski definition) is 0. The first-order valence-electron chi connectivity index (χ1n) is 22.9. The van der Waals surface area contributed by atoms with Gasteiger partial charge in [-0.3, -0.25) is 9.59 Å². The normalized spacial score (nSPS) is 12.7. The van der Waals surface area contributed by atoms with Gasteiger partial charge in [0.2, 0.25) is 0 Å². The van der Waals surface area contributed by atoms with Gasteiger partial charge in [-0.05, 0) is 83.4 Å². The lowest BCUT2D eigenvalue weighted by Gasteiger charge is -2.22. The molecule has 10 aromatic carbocycles. The maximum Gasteiger partial charge on any atom is 0.268 e. The van der Waals surface area contributed by atoms with Gasteiger partial charge in [-0.1, -0.05) is 164 Å². The second-order valence-electron chi connectivity index (χ2n) is 17.6. The highest BCUT2D eigenvalue weighted by Crippen LogP contribution is 2.45. The van der Waals surface area contributed by atoms with Crippen molar-refractivity contribution >= 4 is 82.9 Å². The highest BCUT2D eigenvalue weighted by atomic mass is 16.2. The van der Waals surface area contributed by atoms with Crippen LogP contribution in [0.3, 0.4) is 0 Å². The molecular formula is C62H38N4O2. The summed E-state index contributed by atoms with van der Waals surface area (Å²) < 4.78 is 6.87. The molecule has 318 valence electrons. The zero-order valence-electron chi connectivity index (χ0n) is 36.5. The minimum absolute atomic E-state index is 0.355. The van der Waals surface area contributed by atoms with Gasteiger partial charge in [0.05, 0.1) is 55.6 Å². The van der Waals surface area contributed by atoms with E-state index < -0.39 is 0 Å². The Morgan fingerprint density at radius 2 is 0.676 bits per heavy atom. The Bertz CT molecular complexity index is 3970. The molecule has 3 aromatic heterocycles. The lowest BCUT2D eigenvalue weighted by molar-refractivity contribution is 0.0926. The fourth-order valence-corrected chi connectivity index (χ4v) is 11.1. The molecule has 0 saturated heterocycles. The van der Waals surface area contributed by atoms with Gasteiger partial charge in [-0.25, -0.2) is 4.90 Å². The largest absolute Gasteiger partial charge is 0.309 e. The van der Waals surface area contributed by atoms with Crippen molar-refractivity contribution in [2.75, 3.05) is 4.90 Å². The second-order valence-corrected chi connectivity index (χ2v) is 17.6. The number of carbonyl (C=O) groups is 2. The molecule has 2 amide bonds. The van der Waals surface area contributed by atoms with Crippen LogP contribution in [0.15, 0.2) is 231 Å². The average molecular weight is 871 g/mol. The van der Waals surface area contributed by atoms with Gasteiger partial charge >= 0.3 is 0 Å². The first-order chi connectivity index (χ1) is 33.6. The van der Waals surface area contributed by atoms with E-state index in [2.05, 4.69) is 165 Å². The van der Waals surface area contributed by atoms with Crippen LogP contribution in [0.4, 0.5) is 5.69 Å². The predicted octanol–water partition coefficient (Wildman–Crippen LogP) is 15.1. The summed E-state index contributed by atoms with van der Waals surface area (Å²) in [4.78, 5) is 32.1. The number of fused-ring (bicyclic) bond motifs is 10. The average Bonchev–Trinajstić information content (AvgIpc) is 4.10. The zero-order valence-corrected chi connectivity index (χ0v) is 36.5. The van der Waals surface area contributed by atoms with Crippen LogP contribution in [-0.2, 0) is 0 Å². The fourth-order valence-electron chi connectivity index (χ4n) is 11.1. The van der Waals surface area contributed by atoms with E-state index in [-0.39, 0.29) is 11.8 Å². The minimum Gasteiger partial charge on any atom is -0.309 e. The van der Waals surface area contributed by atoms with E-state index in [9.17, 15) is 0 Å². The molecule has 68 heavy (non-hydrogen) atoms. The maximum absolute atomic E-state index is 15.6. The van der Waals surface area contributed by atoms with Crippen LogP contribution < -0.4 is 4.90 Å². The van der Waals surface area contributed by atoms with Crippen molar-refractivity contribution in [1.29, 1.82) is 0 Å². The third-order valence-electron chi connectivity index (χ3n) is 14.0. The van der Waals surface area contributed by atoms with Crippen LogP contribution >= 0.6 is 0 Å². The van der Waals surface area contributed by atoms with E-state index in [1.807, 2.05) is 72.8 Å². The van der Waals surface area contributed by atoms with Gasteiger partial charge in [0.25, 0.3) is 11.8 Å². The van der Waals surface area contributed by atoms with E-state index in [0.29, 0.717) is 22.5 Å². The summed E-state index contributed by atoms with van der Waals surface area (Å²) in [6.07, 6.45) is 0. The van der Waals surface area contributed by atoms with Gasteiger partial charge in [0.1, 0.15) is 0 Å². The van der Waals surface area contributed by atoms with Gasteiger partial charge in [0.15, 0.2) is 0 Å². The first kappa shape index (κ1) is 38.1. The van der Waals surface area contributed by atoms with Crippen molar-refractivity contribution in [1.82, 2.24) is 13.7 Å². The molecule has 0 radical (unpaired) electrons. The number of benzene rings is 10. The SMILES string of the molecule is O=C1c2cccc(-n3c4cc(-n5c6ccccc6c6ccccc65)ccc4c4ccc(-n5c6ccccc6c6ccccc65)cc43)c2C(=O)N1c1cccc(-c2ccccc2)c1-c1ccccc1. The third-order valence-corrected chi connectivity index (χ3v) is 14.0. The molecule has 6 heteroatoms. The molecule has 4 heterocycles. The summed E-state index contributed by atoms with van der Waals surface area (Å²) in [6.45, 7) is 0. The molecular weight excluding hydrogens is 833 g/mol. The van der Waals surface area contributed by atoms with E-state index >= 15 is 9.59 Å². The molecule has 1 aliphatic heterocycles. The number of aromatic nitrogens is 3. The number of nitrogens with zero attached hydrogens (tertiary/aromatic N) is 4. The van der Waals surface area contributed by atoms with Gasteiger partial charge in [-0.15, -0.1) is 0 Å². The molecule has 0 fully saturated rings. The summed E-state index contributed by atoms with van der Waals surface area (Å²) in [5, 5.41) is 6.77. The molecule has 0 N–H and O–H groups in total. The second kappa shape index (κ2) is 14.6. The molecule has 1 aliphatic rings. The number of para-hydroxylation sites is 4. The first-order valence-corrected chi connectivity index (χ1v) is 22.9. The Balaban J connectivity index is 1.04. The highest BCUT2D eigenvalue weighted by molar-refractivity contribution is 6.37. The lowest BCUT2D eigenvalue weighted by atomic mass is 9.92. The van der Waals surface area contributed by atoms with Crippen molar-refractivity contribution in [3.8, 4) is 39.3 Å². The van der Waals surface area contributed by atoms with E-state index in [1.54, 1.807) is 6.07 Å². The van der Waals surface area contributed by atoms with Crippen LogP contribution in [0.5, 0.6) is 0 Å². The lowest BCUT2D eigenvalue weighted by Crippen LogP contribution is -2.30.